The van der Waals surface area contributed by atoms with E-state index in [0.717, 1.165) is 11.4 Å². The van der Waals surface area contributed by atoms with E-state index in [0.29, 0.717) is 32.7 Å². The highest BCUT2D eigenvalue weighted by Gasteiger charge is 2.26. The number of anilines is 1. The second-order valence-electron chi connectivity index (χ2n) is 5.00. The van der Waals surface area contributed by atoms with Gasteiger partial charge in [-0.25, -0.2) is 8.42 Å². The third-order valence-electron chi connectivity index (χ3n) is 3.68. The van der Waals surface area contributed by atoms with Crippen molar-refractivity contribution < 1.29 is 13.2 Å². The predicted molar refractivity (Wildman–Crippen MR) is 84.5 cm³/mol. The van der Waals surface area contributed by atoms with Gasteiger partial charge in [-0.2, -0.15) is 4.31 Å². The van der Waals surface area contributed by atoms with Gasteiger partial charge in [-0.05, 0) is 31.3 Å². The summed E-state index contributed by atoms with van der Waals surface area (Å²) >= 11 is 0. The summed E-state index contributed by atoms with van der Waals surface area (Å²) in [5.74, 6) is 0.985. The molecule has 0 atom stereocenters. The van der Waals surface area contributed by atoms with E-state index in [9.17, 15) is 8.42 Å². The molecule has 0 spiro atoms. The van der Waals surface area contributed by atoms with Crippen LogP contribution in [0, 0.1) is 0 Å². The van der Waals surface area contributed by atoms with Crippen molar-refractivity contribution in [1.29, 1.82) is 0 Å². The largest absolute Gasteiger partial charge is 0.497 e. The molecule has 2 rings (SSSR count). The normalized spacial score (nSPS) is 17.0. The van der Waals surface area contributed by atoms with Crippen molar-refractivity contribution in [3.8, 4) is 5.75 Å². The first kappa shape index (κ1) is 16.1. The van der Waals surface area contributed by atoms with Crippen LogP contribution >= 0.6 is 0 Å². The Hall–Kier alpha value is -1.31. The van der Waals surface area contributed by atoms with Crippen LogP contribution in [0.15, 0.2) is 24.3 Å². The van der Waals surface area contributed by atoms with E-state index < -0.39 is 10.0 Å². The van der Waals surface area contributed by atoms with E-state index in [-0.39, 0.29) is 5.75 Å². The van der Waals surface area contributed by atoms with Gasteiger partial charge in [-0.15, -0.1) is 0 Å². The Morgan fingerprint density at radius 2 is 1.76 bits per heavy atom. The second-order valence-corrected chi connectivity index (χ2v) is 7.09. The topological polar surface area (TPSA) is 61.9 Å². The number of ether oxygens (including phenoxy) is 1. The summed E-state index contributed by atoms with van der Waals surface area (Å²) in [6.07, 6.45) is 0. The molecular weight excluding hydrogens is 290 g/mol. The number of benzene rings is 1. The molecule has 1 aliphatic heterocycles. The predicted octanol–water partition coefficient (Wildman–Crippen LogP) is 0.366. The number of sulfonamides is 1. The zero-order valence-corrected chi connectivity index (χ0v) is 13.4. The van der Waals surface area contributed by atoms with E-state index in [2.05, 4.69) is 10.2 Å². The Morgan fingerprint density at radius 3 is 2.29 bits per heavy atom. The summed E-state index contributed by atoms with van der Waals surface area (Å²) < 4.78 is 31.0. The van der Waals surface area contributed by atoms with E-state index in [1.54, 1.807) is 18.5 Å². The lowest BCUT2D eigenvalue weighted by atomic mass is 10.2. The molecule has 1 N–H and O–H groups in total. The van der Waals surface area contributed by atoms with Crippen molar-refractivity contribution in [2.45, 2.75) is 0 Å². The molecule has 7 heteroatoms. The fourth-order valence-corrected chi connectivity index (χ4v) is 3.82. The Bertz CT molecular complexity index is 537. The van der Waals surface area contributed by atoms with Crippen molar-refractivity contribution in [1.82, 2.24) is 9.62 Å². The van der Waals surface area contributed by atoms with Crippen LogP contribution in [-0.4, -0.2) is 65.4 Å². The van der Waals surface area contributed by atoms with Crippen molar-refractivity contribution >= 4 is 15.7 Å². The molecule has 1 fully saturated rings. The Labute approximate surface area is 126 Å². The van der Waals surface area contributed by atoms with Crippen molar-refractivity contribution in [3.05, 3.63) is 24.3 Å². The highest BCUT2D eigenvalue weighted by molar-refractivity contribution is 7.89. The highest BCUT2D eigenvalue weighted by atomic mass is 32.2. The molecule has 0 aliphatic carbocycles. The number of methoxy groups -OCH3 is 1. The van der Waals surface area contributed by atoms with Crippen LogP contribution in [0.25, 0.3) is 0 Å². The Morgan fingerprint density at radius 1 is 1.14 bits per heavy atom. The molecule has 0 bridgehead atoms. The number of hydrogen-bond donors (Lipinski definition) is 1. The van der Waals surface area contributed by atoms with Crippen LogP contribution in [0.1, 0.15) is 0 Å². The highest BCUT2D eigenvalue weighted by Crippen LogP contribution is 2.21. The first-order valence-electron chi connectivity index (χ1n) is 7.08. The van der Waals surface area contributed by atoms with Crippen molar-refractivity contribution in [3.63, 3.8) is 0 Å². The van der Waals surface area contributed by atoms with E-state index in [4.69, 9.17) is 4.74 Å². The van der Waals surface area contributed by atoms with Gasteiger partial charge >= 0.3 is 0 Å². The van der Waals surface area contributed by atoms with Crippen molar-refractivity contribution in [2.75, 3.05) is 57.5 Å². The van der Waals surface area contributed by atoms with Gasteiger partial charge in [0.05, 0.1) is 12.9 Å². The summed E-state index contributed by atoms with van der Waals surface area (Å²) in [4.78, 5) is 2.20. The minimum absolute atomic E-state index is 0.159. The molecule has 0 saturated carbocycles. The maximum atomic E-state index is 12.1. The number of piperazine rings is 1. The smallest absolute Gasteiger partial charge is 0.215 e. The number of rotatable bonds is 6. The number of nitrogens with zero attached hydrogens (tertiary/aromatic N) is 2. The summed E-state index contributed by atoms with van der Waals surface area (Å²) in [5.41, 5.74) is 1.10. The maximum absolute atomic E-state index is 12.1. The van der Waals surface area contributed by atoms with Gasteiger partial charge in [-0.1, -0.05) is 0 Å². The number of nitrogens with one attached hydrogen (secondary N) is 1. The third kappa shape index (κ3) is 4.09. The van der Waals surface area contributed by atoms with Gasteiger partial charge in [0.15, 0.2) is 0 Å². The standard InChI is InChI=1S/C14H23N3O3S/c1-15-7-12-21(18,19)17-10-8-16(9-11-17)13-3-5-14(20-2)6-4-13/h3-6,15H,7-12H2,1-2H3. The summed E-state index contributed by atoms with van der Waals surface area (Å²) in [7, 11) is 0.266. The van der Waals surface area contributed by atoms with Crippen molar-refractivity contribution in [2.24, 2.45) is 0 Å². The third-order valence-corrected chi connectivity index (χ3v) is 5.55. The molecule has 1 heterocycles. The molecule has 0 radical (unpaired) electrons. The van der Waals surface area contributed by atoms with Gasteiger partial charge in [0, 0.05) is 38.4 Å². The lowest BCUT2D eigenvalue weighted by Gasteiger charge is -2.35. The molecule has 1 aromatic carbocycles. The molecule has 118 valence electrons. The average Bonchev–Trinajstić information content (AvgIpc) is 2.53. The zero-order valence-electron chi connectivity index (χ0n) is 12.6. The van der Waals surface area contributed by atoms with Gasteiger partial charge in [0.25, 0.3) is 0 Å². The van der Waals surface area contributed by atoms with E-state index >= 15 is 0 Å². The Kier molecular flexibility index (Phi) is 5.44. The number of hydrogen-bond acceptors (Lipinski definition) is 5. The molecule has 1 aromatic rings. The van der Waals surface area contributed by atoms with Crippen LogP contribution in [-0.2, 0) is 10.0 Å². The summed E-state index contributed by atoms with van der Waals surface area (Å²) in [6.45, 7) is 2.99. The lowest BCUT2D eigenvalue weighted by molar-refractivity contribution is 0.384. The maximum Gasteiger partial charge on any atom is 0.215 e. The van der Waals surface area contributed by atoms with Gasteiger partial charge in [0.1, 0.15) is 5.75 Å². The second kappa shape index (κ2) is 7.11. The van der Waals surface area contributed by atoms with Gasteiger partial charge in [0.2, 0.25) is 10.0 Å². The van der Waals surface area contributed by atoms with Crippen LogP contribution in [0.3, 0.4) is 0 Å². The molecule has 21 heavy (non-hydrogen) atoms. The first-order chi connectivity index (χ1) is 10.1. The van der Waals surface area contributed by atoms with Crippen LogP contribution in [0.2, 0.25) is 0 Å². The molecule has 1 aliphatic rings. The van der Waals surface area contributed by atoms with Crippen LogP contribution in [0.4, 0.5) is 5.69 Å². The molecular formula is C14H23N3O3S. The fourth-order valence-electron chi connectivity index (χ4n) is 2.38. The SMILES string of the molecule is CNCCS(=O)(=O)N1CCN(c2ccc(OC)cc2)CC1. The monoisotopic (exact) mass is 313 g/mol. The molecule has 0 unspecified atom stereocenters. The van der Waals surface area contributed by atoms with Gasteiger partial charge < -0.3 is 15.0 Å². The molecule has 6 nitrogen and oxygen atoms in total. The first-order valence-corrected chi connectivity index (χ1v) is 8.69. The quantitative estimate of drug-likeness (QED) is 0.822. The van der Waals surface area contributed by atoms with Crippen LogP contribution < -0.4 is 15.0 Å². The average molecular weight is 313 g/mol. The van der Waals surface area contributed by atoms with E-state index in [1.165, 1.54) is 0 Å². The summed E-state index contributed by atoms with van der Waals surface area (Å²) in [6, 6.07) is 7.85. The minimum atomic E-state index is -3.14. The van der Waals surface area contributed by atoms with E-state index in [1.807, 2.05) is 24.3 Å². The van der Waals surface area contributed by atoms with Crippen LogP contribution in [0.5, 0.6) is 5.75 Å². The van der Waals surface area contributed by atoms with Gasteiger partial charge in [-0.3, -0.25) is 0 Å². The summed E-state index contributed by atoms with van der Waals surface area (Å²) in [5, 5.41) is 2.88. The fraction of sp³-hybridized carbons (Fsp3) is 0.571. The lowest BCUT2D eigenvalue weighted by Crippen LogP contribution is -2.49. The Balaban J connectivity index is 1.93. The molecule has 0 aromatic heterocycles. The molecule has 0 amide bonds. The molecule has 1 saturated heterocycles. The minimum Gasteiger partial charge on any atom is -0.497 e. The zero-order chi connectivity index (χ0) is 15.3.